The number of thioether (sulfide) groups is 1. The largest absolute Gasteiger partial charge is 0.245 e. The summed E-state index contributed by atoms with van der Waals surface area (Å²) in [6, 6.07) is 0. The first kappa shape index (κ1) is 12.7. The zero-order valence-corrected chi connectivity index (χ0v) is 11.8. The standard InChI is InChI=1S/C12H18ClNS2/c13-7-3-4-10-8-16-12(14-10)9-15-11-5-1-2-6-11/h8,11H,1-7,9H2. The van der Waals surface area contributed by atoms with Crippen LogP contribution in [0.3, 0.4) is 0 Å². The molecule has 1 nitrogen and oxygen atoms in total. The van der Waals surface area contributed by atoms with Gasteiger partial charge in [0.25, 0.3) is 0 Å². The molecule has 0 spiro atoms. The first-order valence-corrected chi connectivity index (χ1v) is 8.45. The number of thiazole rings is 1. The smallest absolute Gasteiger partial charge is 0.103 e. The van der Waals surface area contributed by atoms with Crippen LogP contribution in [0.2, 0.25) is 0 Å². The molecule has 2 rings (SSSR count). The Kier molecular flexibility index (Phi) is 5.46. The van der Waals surface area contributed by atoms with Crippen molar-refractivity contribution in [3.8, 4) is 0 Å². The average Bonchev–Trinajstić information content (AvgIpc) is 2.95. The number of alkyl halides is 1. The van der Waals surface area contributed by atoms with Gasteiger partial charge in [-0.25, -0.2) is 4.98 Å². The first-order chi connectivity index (χ1) is 7.88. The van der Waals surface area contributed by atoms with Gasteiger partial charge in [-0.1, -0.05) is 12.8 Å². The Labute approximate surface area is 111 Å². The van der Waals surface area contributed by atoms with E-state index in [1.54, 1.807) is 0 Å². The van der Waals surface area contributed by atoms with Gasteiger partial charge in [0.15, 0.2) is 0 Å². The molecule has 1 aliphatic rings. The van der Waals surface area contributed by atoms with Gasteiger partial charge >= 0.3 is 0 Å². The van der Waals surface area contributed by atoms with Crippen molar-refractivity contribution < 1.29 is 0 Å². The maximum Gasteiger partial charge on any atom is 0.103 e. The fourth-order valence-corrected chi connectivity index (χ4v) is 4.35. The van der Waals surface area contributed by atoms with Crippen LogP contribution in [0.15, 0.2) is 5.38 Å². The Hall–Kier alpha value is 0.270. The van der Waals surface area contributed by atoms with Crippen molar-refractivity contribution in [3.05, 3.63) is 16.1 Å². The molecular formula is C12H18ClNS2. The highest BCUT2D eigenvalue weighted by Crippen LogP contribution is 2.32. The highest BCUT2D eigenvalue weighted by molar-refractivity contribution is 7.99. The van der Waals surface area contributed by atoms with Crippen LogP contribution < -0.4 is 0 Å². The number of halogens is 1. The van der Waals surface area contributed by atoms with Crippen LogP contribution in [0.4, 0.5) is 0 Å². The number of aryl methyl sites for hydroxylation is 1. The number of hydrogen-bond acceptors (Lipinski definition) is 3. The van der Waals surface area contributed by atoms with Crippen molar-refractivity contribution in [2.45, 2.75) is 49.5 Å². The highest BCUT2D eigenvalue weighted by Gasteiger charge is 2.15. The summed E-state index contributed by atoms with van der Waals surface area (Å²) in [6.45, 7) is 0. The third-order valence-electron chi connectivity index (χ3n) is 2.91. The summed E-state index contributed by atoms with van der Waals surface area (Å²) in [5.74, 6) is 1.85. The van der Waals surface area contributed by atoms with Crippen molar-refractivity contribution in [2.75, 3.05) is 5.88 Å². The van der Waals surface area contributed by atoms with Crippen LogP contribution in [0.1, 0.15) is 42.8 Å². The summed E-state index contributed by atoms with van der Waals surface area (Å²) in [6.07, 6.45) is 7.76. The maximum absolute atomic E-state index is 5.68. The summed E-state index contributed by atoms with van der Waals surface area (Å²) >= 11 is 9.58. The Morgan fingerprint density at radius 1 is 1.44 bits per heavy atom. The predicted octanol–water partition coefficient (Wildman–Crippen LogP) is 4.49. The molecule has 0 radical (unpaired) electrons. The molecule has 0 aromatic carbocycles. The third-order valence-corrected chi connectivity index (χ3v) is 5.64. The van der Waals surface area contributed by atoms with E-state index in [0.29, 0.717) is 0 Å². The second kappa shape index (κ2) is 6.87. The molecule has 0 aliphatic heterocycles. The van der Waals surface area contributed by atoms with Gasteiger partial charge < -0.3 is 0 Å². The Morgan fingerprint density at radius 2 is 2.25 bits per heavy atom. The van der Waals surface area contributed by atoms with E-state index >= 15 is 0 Å². The minimum atomic E-state index is 0.740. The summed E-state index contributed by atoms with van der Waals surface area (Å²) < 4.78 is 0. The highest BCUT2D eigenvalue weighted by atomic mass is 35.5. The van der Waals surface area contributed by atoms with E-state index in [0.717, 1.165) is 29.7 Å². The minimum absolute atomic E-state index is 0.740. The van der Waals surface area contributed by atoms with Gasteiger partial charge in [-0.15, -0.1) is 22.9 Å². The van der Waals surface area contributed by atoms with Crippen LogP contribution in [-0.4, -0.2) is 16.1 Å². The monoisotopic (exact) mass is 275 g/mol. The number of nitrogens with zero attached hydrogens (tertiary/aromatic N) is 1. The lowest BCUT2D eigenvalue weighted by Crippen LogP contribution is -1.95. The summed E-state index contributed by atoms with van der Waals surface area (Å²) in [7, 11) is 0. The lowest BCUT2D eigenvalue weighted by Gasteiger charge is -2.05. The van der Waals surface area contributed by atoms with Crippen LogP contribution in [0.5, 0.6) is 0 Å². The fourth-order valence-electron chi connectivity index (χ4n) is 2.02. The van der Waals surface area contributed by atoms with E-state index in [-0.39, 0.29) is 0 Å². The molecule has 4 heteroatoms. The molecule has 1 fully saturated rings. The van der Waals surface area contributed by atoms with Crippen molar-refractivity contribution in [1.29, 1.82) is 0 Å². The van der Waals surface area contributed by atoms with Crippen LogP contribution in [-0.2, 0) is 12.2 Å². The van der Waals surface area contributed by atoms with Crippen LogP contribution >= 0.6 is 34.7 Å². The first-order valence-electron chi connectivity index (χ1n) is 5.99. The molecule has 0 amide bonds. The quantitative estimate of drug-likeness (QED) is 0.710. The summed E-state index contributed by atoms with van der Waals surface area (Å²) in [4.78, 5) is 4.65. The molecule has 0 saturated heterocycles. The fraction of sp³-hybridized carbons (Fsp3) is 0.750. The third kappa shape index (κ3) is 3.94. The molecule has 1 aliphatic carbocycles. The molecule has 0 unspecified atom stereocenters. The van der Waals surface area contributed by atoms with Gasteiger partial charge in [-0.2, -0.15) is 11.8 Å². The second-order valence-electron chi connectivity index (χ2n) is 4.24. The lowest BCUT2D eigenvalue weighted by molar-refractivity contribution is 0.886. The Bertz CT molecular complexity index is 308. The van der Waals surface area contributed by atoms with Gasteiger partial charge in [0.1, 0.15) is 5.01 Å². The second-order valence-corrected chi connectivity index (χ2v) is 6.85. The van der Waals surface area contributed by atoms with Crippen molar-refractivity contribution >= 4 is 34.7 Å². The molecule has 16 heavy (non-hydrogen) atoms. The van der Waals surface area contributed by atoms with Gasteiger partial charge in [-0.05, 0) is 25.7 Å². The molecule has 90 valence electrons. The maximum atomic E-state index is 5.68. The molecular weight excluding hydrogens is 258 g/mol. The number of rotatable bonds is 6. The summed E-state index contributed by atoms with van der Waals surface area (Å²) in [5.41, 5.74) is 1.23. The van der Waals surface area contributed by atoms with Gasteiger partial charge in [0, 0.05) is 22.3 Å². The number of aromatic nitrogens is 1. The minimum Gasteiger partial charge on any atom is -0.245 e. The molecule has 0 atom stereocenters. The lowest BCUT2D eigenvalue weighted by atomic mass is 10.3. The Morgan fingerprint density at radius 3 is 3.00 bits per heavy atom. The number of hydrogen-bond donors (Lipinski definition) is 0. The molecule has 1 saturated carbocycles. The van der Waals surface area contributed by atoms with Crippen molar-refractivity contribution in [2.24, 2.45) is 0 Å². The van der Waals surface area contributed by atoms with E-state index in [4.69, 9.17) is 11.6 Å². The van der Waals surface area contributed by atoms with Crippen LogP contribution in [0, 0.1) is 0 Å². The topological polar surface area (TPSA) is 12.9 Å². The van der Waals surface area contributed by atoms with Gasteiger partial charge in [0.05, 0.1) is 5.69 Å². The Balaban J connectivity index is 1.73. The van der Waals surface area contributed by atoms with E-state index in [1.165, 1.54) is 36.4 Å². The summed E-state index contributed by atoms with van der Waals surface area (Å²) in [5, 5.41) is 4.38. The van der Waals surface area contributed by atoms with Crippen molar-refractivity contribution in [3.63, 3.8) is 0 Å². The molecule has 0 bridgehead atoms. The predicted molar refractivity (Wildman–Crippen MR) is 74.7 cm³/mol. The molecule has 1 heterocycles. The van der Waals surface area contributed by atoms with E-state index in [2.05, 4.69) is 22.1 Å². The molecule has 1 aromatic rings. The van der Waals surface area contributed by atoms with Crippen molar-refractivity contribution in [1.82, 2.24) is 4.98 Å². The molecule has 1 aromatic heterocycles. The van der Waals surface area contributed by atoms with Gasteiger partial charge in [0.2, 0.25) is 0 Å². The zero-order valence-electron chi connectivity index (χ0n) is 9.45. The van der Waals surface area contributed by atoms with E-state index in [1.807, 2.05) is 11.3 Å². The zero-order chi connectivity index (χ0) is 11.2. The van der Waals surface area contributed by atoms with E-state index < -0.39 is 0 Å². The normalized spacial score (nSPS) is 17.1. The average molecular weight is 276 g/mol. The molecule has 0 N–H and O–H groups in total. The van der Waals surface area contributed by atoms with E-state index in [9.17, 15) is 0 Å². The van der Waals surface area contributed by atoms with Crippen LogP contribution in [0.25, 0.3) is 0 Å². The van der Waals surface area contributed by atoms with Gasteiger partial charge in [-0.3, -0.25) is 0 Å². The SMILES string of the molecule is ClCCCc1csc(CSC2CCCC2)n1.